The molecule has 1 saturated carbocycles. The predicted octanol–water partition coefficient (Wildman–Crippen LogP) is 3.04. The largest absolute Gasteiger partial charge is 0.367 e. The van der Waals surface area contributed by atoms with Crippen LogP contribution in [0.3, 0.4) is 0 Å². The van der Waals surface area contributed by atoms with Crippen molar-refractivity contribution in [1.82, 2.24) is 9.97 Å². The van der Waals surface area contributed by atoms with Crippen LogP contribution in [-0.4, -0.2) is 21.5 Å². The van der Waals surface area contributed by atoms with Gasteiger partial charge in [0.25, 0.3) is 0 Å². The van der Waals surface area contributed by atoms with Gasteiger partial charge >= 0.3 is 0 Å². The molecule has 0 aromatic carbocycles. The van der Waals surface area contributed by atoms with Gasteiger partial charge in [-0.25, -0.2) is 4.98 Å². The molecule has 1 aromatic rings. The second-order valence-corrected chi connectivity index (χ2v) is 5.77. The number of rotatable bonds is 3. The Morgan fingerprint density at radius 3 is 2.59 bits per heavy atom. The van der Waals surface area contributed by atoms with Crippen molar-refractivity contribution in [2.75, 3.05) is 10.6 Å². The molecule has 0 radical (unpaired) electrons. The van der Waals surface area contributed by atoms with Crippen molar-refractivity contribution in [1.29, 1.82) is 0 Å². The number of nitrogens with zero attached hydrogens (tertiary/aromatic N) is 2. The summed E-state index contributed by atoms with van der Waals surface area (Å²) >= 11 is 0. The molecule has 0 amide bonds. The third-order valence-electron chi connectivity index (χ3n) is 2.85. The van der Waals surface area contributed by atoms with Gasteiger partial charge in [0.1, 0.15) is 5.82 Å². The van der Waals surface area contributed by atoms with Crippen LogP contribution in [-0.2, 0) is 0 Å². The van der Waals surface area contributed by atoms with Crippen molar-refractivity contribution >= 4 is 11.8 Å². The summed E-state index contributed by atoms with van der Waals surface area (Å²) in [5.74, 6) is 1.62. The van der Waals surface area contributed by atoms with Crippen LogP contribution in [0, 0.1) is 0 Å². The zero-order valence-electron chi connectivity index (χ0n) is 11.0. The molecule has 4 heteroatoms. The summed E-state index contributed by atoms with van der Waals surface area (Å²) in [6.07, 6.45) is 6.97. The number of nitrogens with one attached hydrogen (secondary N) is 2. The van der Waals surface area contributed by atoms with E-state index in [0.717, 1.165) is 5.82 Å². The highest BCUT2D eigenvalue weighted by atomic mass is 15.2. The van der Waals surface area contributed by atoms with Gasteiger partial charge in [-0.15, -0.1) is 0 Å². The molecule has 94 valence electrons. The molecule has 4 nitrogen and oxygen atoms in total. The molecule has 0 atom stereocenters. The van der Waals surface area contributed by atoms with E-state index < -0.39 is 0 Å². The summed E-state index contributed by atoms with van der Waals surface area (Å²) < 4.78 is 0. The van der Waals surface area contributed by atoms with Crippen LogP contribution in [0.2, 0.25) is 0 Å². The first-order valence-corrected chi connectivity index (χ1v) is 6.41. The normalized spacial score (nSPS) is 17.1. The maximum Gasteiger partial charge on any atom is 0.224 e. The number of hydrogen-bond donors (Lipinski definition) is 2. The molecule has 0 bridgehead atoms. The number of hydrogen-bond acceptors (Lipinski definition) is 4. The van der Waals surface area contributed by atoms with E-state index >= 15 is 0 Å². The summed E-state index contributed by atoms with van der Waals surface area (Å²) in [7, 11) is 0. The van der Waals surface area contributed by atoms with Crippen molar-refractivity contribution < 1.29 is 0 Å². The fourth-order valence-electron chi connectivity index (χ4n) is 2.11. The van der Waals surface area contributed by atoms with Crippen LogP contribution in [0.25, 0.3) is 0 Å². The summed E-state index contributed by atoms with van der Waals surface area (Å²) in [6.45, 7) is 6.31. The Hall–Kier alpha value is -1.32. The SMILES string of the molecule is CC(C)(C)Nc1nccc(NC2CCCC2)n1. The van der Waals surface area contributed by atoms with Crippen molar-refractivity contribution in [3.63, 3.8) is 0 Å². The Balaban J connectivity index is 2.00. The third-order valence-corrected chi connectivity index (χ3v) is 2.85. The Morgan fingerprint density at radius 2 is 1.94 bits per heavy atom. The van der Waals surface area contributed by atoms with Crippen LogP contribution in [0.1, 0.15) is 46.5 Å². The third kappa shape index (κ3) is 3.88. The van der Waals surface area contributed by atoms with Gasteiger partial charge in [0.05, 0.1) is 0 Å². The van der Waals surface area contributed by atoms with Gasteiger partial charge < -0.3 is 10.6 Å². The first-order valence-electron chi connectivity index (χ1n) is 6.41. The van der Waals surface area contributed by atoms with E-state index in [-0.39, 0.29) is 5.54 Å². The zero-order chi connectivity index (χ0) is 12.3. The highest BCUT2D eigenvalue weighted by Gasteiger charge is 2.16. The Morgan fingerprint density at radius 1 is 1.24 bits per heavy atom. The standard InChI is InChI=1S/C13H22N4/c1-13(2,3)17-12-14-9-8-11(16-12)15-10-6-4-5-7-10/h8-10H,4-7H2,1-3H3,(H2,14,15,16,17). The van der Waals surface area contributed by atoms with Gasteiger partial charge in [-0.05, 0) is 39.7 Å². The minimum atomic E-state index is -0.00795. The molecule has 0 spiro atoms. The average Bonchev–Trinajstić information content (AvgIpc) is 2.68. The monoisotopic (exact) mass is 234 g/mol. The molecular formula is C13H22N4. The molecule has 2 rings (SSSR count). The summed E-state index contributed by atoms with van der Waals surface area (Å²) in [4.78, 5) is 8.73. The quantitative estimate of drug-likeness (QED) is 0.844. The molecule has 1 fully saturated rings. The fourth-order valence-corrected chi connectivity index (χ4v) is 2.11. The van der Waals surface area contributed by atoms with Crippen LogP contribution in [0.4, 0.5) is 11.8 Å². The number of anilines is 2. The average molecular weight is 234 g/mol. The Labute approximate surface area is 103 Å². The smallest absolute Gasteiger partial charge is 0.224 e. The van der Waals surface area contributed by atoms with Crippen molar-refractivity contribution in [2.45, 2.75) is 58.0 Å². The molecule has 1 aromatic heterocycles. The highest BCUT2D eigenvalue weighted by molar-refractivity contribution is 5.41. The van der Waals surface area contributed by atoms with Crippen molar-refractivity contribution in [3.05, 3.63) is 12.3 Å². The van der Waals surface area contributed by atoms with E-state index in [2.05, 4.69) is 41.4 Å². The lowest BCUT2D eigenvalue weighted by molar-refractivity contribution is 0.625. The molecule has 2 N–H and O–H groups in total. The minimum Gasteiger partial charge on any atom is -0.367 e. The molecule has 1 aliphatic rings. The molecule has 0 unspecified atom stereocenters. The highest BCUT2D eigenvalue weighted by Crippen LogP contribution is 2.21. The molecular weight excluding hydrogens is 212 g/mol. The van der Waals surface area contributed by atoms with Gasteiger partial charge in [0.2, 0.25) is 5.95 Å². The second-order valence-electron chi connectivity index (χ2n) is 5.77. The van der Waals surface area contributed by atoms with E-state index in [1.807, 2.05) is 6.07 Å². The maximum absolute atomic E-state index is 4.49. The van der Waals surface area contributed by atoms with Gasteiger partial charge in [0, 0.05) is 17.8 Å². The van der Waals surface area contributed by atoms with Crippen LogP contribution < -0.4 is 10.6 Å². The lowest BCUT2D eigenvalue weighted by Gasteiger charge is -2.21. The van der Waals surface area contributed by atoms with Crippen molar-refractivity contribution in [2.24, 2.45) is 0 Å². The lowest BCUT2D eigenvalue weighted by Crippen LogP contribution is -2.27. The molecule has 0 aliphatic heterocycles. The van der Waals surface area contributed by atoms with E-state index in [1.165, 1.54) is 25.7 Å². The van der Waals surface area contributed by atoms with E-state index in [9.17, 15) is 0 Å². The summed E-state index contributed by atoms with van der Waals surface area (Å²) in [6, 6.07) is 2.53. The van der Waals surface area contributed by atoms with Gasteiger partial charge in [-0.2, -0.15) is 4.98 Å². The first kappa shape index (κ1) is 12.1. The van der Waals surface area contributed by atoms with Gasteiger partial charge in [0.15, 0.2) is 0 Å². The van der Waals surface area contributed by atoms with Crippen LogP contribution in [0.15, 0.2) is 12.3 Å². The minimum absolute atomic E-state index is 0.00795. The van der Waals surface area contributed by atoms with Gasteiger partial charge in [-0.3, -0.25) is 0 Å². The summed E-state index contributed by atoms with van der Waals surface area (Å²) in [5.41, 5.74) is -0.00795. The van der Waals surface area contributed by atoms with E-state index in [1.54, 1.807) is 6.20 Å². The molecule has 17 heavy (non-hydrogen) atoms. The predicted molar refractivity (Wildman–Crippen MR) is 71.3 cm³/mol. The molecule has 1 heterocycles. The summed E-state index contributed by atoms with van der Waals surface area (Å²) in [5, 5.41) is 6.76. The van der Waals surface area contributed by atoms with Gasteiger partial charge in [-0.1, -0.05) is 12.8 Å². The Kier molecular flexibility index (Phi) is 3.50. The van der Waals surface area contributed by atoms with E-state index in [0.29, 0.717) is 12.0 Å². The number of aromatic nitrogens is 2. The first-order chi connectivity index (χ1) is 8.03. The second kappa shape index (κ2) is 4.90. The van der Waals surface area contributed by atoms with E-state index in [4.69, 9.17) is 0 Å². The Bertz CT molecular complexity index is 364. The topological polar surface area (TPSA) is 49.8 Å². The van der Waals surface area contributed by atoms with Crippen LogP contribution in [0.5, 0.6) is 0 Å². The fraction of sp³-hybridized carbons (Fsp3) is 0.692. The van der Waals surface area contributed by atoms with Crippen LogP contribution >= 0.6 is 0 Å². The molecule has 0 saturated heterocycles. The lowest BCUT2D eigenvalue weighted by atomic mass is 10.1. The zero-order valence-corrected chi connectivity index (χ0v) is 11.0. The maximum atomic E-state index is 4.49. The van der Waals surface area contributed by atoms with Crippen molar-refractivity contribution in [3.8, 4) is 0 Å². The molecule has 1 aliphatic carbocycles.